The third-order valence-electron chi connectivity index (χ3n) is 3.88. The quantitative estimate of drug-likeness (QED) is 0.836. The van der Waals surface area contributed by atoms with Crippen molar-refractivity contribution in [3.63, 3.8) is 0 Å². The molecule has 1 atom stereocenters. The molecule has 1 fully saturated rings. The van der Waals surface area contributed by atoms with Crippen LogP contribution < -0.4 is 10.6 Å². The van der Waals surface area contributed by atoms with Crippen molar-refractivity contribution in [3.8, 4) is 0 Å². The summed E-state index contributed by atoms with van der Waals surface area (Å²) in [6.45, 7) is 4.57. The number of rotatable bonds is 3. The van der Waals surface area contributed by atoms with Crippen molar-refractivity contribution in [3.05, 3.63) is 22.7 Å². The van der Waals surface area contributed by atoms with Crippen LogP contribution in [0.1, 0.15) is 39.0 Å². The van der Waals surface area contributed by atoms with E-state index in [4.69, 9.17) is 5.73 Å². The van der Waals surface area contributed by atoms with E-state index in [1.165, 1.54) is 37.8 Å². The lowest BCUT2D eigenvalue weighted by Gasteiger charge is -2.24. The van der Waals surface area contributed by atoms with E-state index in [-0.39, 0.29) is 0 Å². The third-order valence-corrected chi connectivity index (χ3v) is 4.37. The molecular formula is C15H23BrN2. The van der Waals surface area contributed by atoms with E-state index < -0.39 is 0 Å². The molecule has 1 aromatic carbocycles. The molecule has 3 heteroatoms. The second-order valence-corrected chi connectivity index (χ2v) is 6.19. The zero-order valence-corrected chi connectivity index (χ0v) is 12.7. The summed E-state index contributed by atoms with van der Waals surface area (Å²) in [5, 5.41) is 0. The van der Waals surface area contributed by atoms with Crippen molar-refractivity contribution < 1.29 is 0 Å². The third kappa shape index (κ3) is 3.41. The van der Waals surface area contributed by atoms with E-state index in [9.17, 15) is 0 Å². The van der Waals surface area contributed by atoms with Crippen molar-refractivity contribution in [1.29, 1.82) is 0 Å². The van der Waals surface area contributed by atoms with Gasteiger partial charge in [0.1, 0.15) is 0 Å². The molecule has 0 spiro atoms. The minimum Gasteiger partial charge on any atom is -0.397 e. The fourth-order valence-corrected chi connectivity index (χ4v) is 3.24. The fourth-order valence-electron chi connectivity index (χ4n) is 2.89. The Bertz CT molecular complexity index is 392. The molecule has 100 valence electrons. The molecule has 1 heterocycles. The van der Waals surface area contributed by atoms with Gasteiger partial charge < -0.3 is 10.6 Å². The number of hydrogen-bond acceptors (Lipinski definition) is 2. The first-order valence-electron chi connectivity index (χ1n) is 7.00. The maximum Gasteiger partial charge on any atom is 0.0611 e. The number of anilines is 2. The van der Waals surface area contributed by atoms with Crippen molar-refractivity contribution in [2.24, 2.45) is 5.92 Å². The van der Waals surface area contributed by atoms with Gasteiger partial charge in [0.25, 0.3) is 0 Å². The molecule has 2 N–H and O–H groups in total. The zero-order valence-electron chi connectivity index (χ0n) is 11.2. The molecule has 2 nitrogen and oxygen atoms in total. The first kappa shape index (κ1) is 13.7. The number of halogens is 1. The highest BCUT2D eigenvalue weighted by atomic mass is 79.9. The Kier molecular flexibility index (Phi) is 4.93. The Balaban J connectivity index is 2.07. The molecular weight excluding hydrogens is 288 g/mol. The maximum absolute atomic E-state index is 6.10. The van der Waals surface area contributed by atoms with Gasteiger partial charge in [-0.25, -0.2) is 0 Å². The molecule has 2 rings (SSSR count). The highest BCUT2D eigenvalue weighted by molar-refractivity contribution is 9.10. The van der Waals surface area contributed by atoms with Gasteiger partial charge in [-0.15, -0.1) is 0 Å². The number of nitrogen functional groups attached to an aromatic ring is 1. The molecule has 1 aromatic rings. The van der Waals surface area contributed by atoms with Crippen molar-refractivity contribution >= 4 is 27.3 Å². The number of nitrogens with two attached hydrogens (primary N) is 1. The predicted octanol–water partition coefficient (Wildman–Crippen LogP) is 4.44. The number of benzene rings is 1. The van der Waals surface area contributed by atoms with Crippen molar-refractivity contribution in [2.45, 2.75) is 39.0 Å². The number of hydrogen-bond donors (Lipinski definition) is 1. The molecule has 1 aliphatic heterocycles. The molecule has 0 bridgehead atoms. The van der Waals surface area contributed by atoms with Crippen LogP contribution in [0.3, 0.4) is 0 Å². The molecule has 18 heavy (non-hydrogen) atoms. The summed E-state index contributed by atoms with van der Waals surface area (Å²) in [7, 11) is 0. The van der Waals surface area contributed by atoms with Gasteiger partial charge in [-0.2, -0.15) is 0 Å². The van der Waals surface area contributed by atoms with Crippen LogP contribution in [0, 0.1) is 5.92 Å². The molecule has 0 saturated carbocycles. The Hall–Kier alpha value is -0.700. The molecule has 0 amide bonds. The summed E-state index contributed by atoms with van der Waals surface area (Å²) in [6, 6.07) is 6.15. The Morgan fingerprint density at radius 2 is 2.17 bits per heavy atom. The Morgan fingerprint density at radius 3 is 2.94 bits per heavy atom. The van der Waals surface area contributed by atoms with Crippen molar-refractivity contribution in [2.75, 3.05) is 23.7 Å². The largest absolute Gasteiger partial charge is 0.397 e. The first-order chi connectivity index (χ1) is 8.70. The van der Waals surface area contributed by atoms with Crippen molar-refractivity contribution in [1.82, 2.24) is 0 Å². The lowest BCUT2D eigenvalue weighted by molar-refractivity contribution is 0.435. The average molecular weight is 311 g/mol. The number of nitrogens with zero attached hydrogens (tertiary/aromatic N) is 1. The highest BCUT2D eigenvalue weighted by Crippen LogP contribution is 2.31. The van der Waals surface area contributed by atoms with E-state index in [1.807, 2.05) is 12.1 Å². The molecule has 0 aromatic heterocycles. The summed E-state index contributed by atoms with van der Waals surface area (Å²) in [5.74, 6) is 0.911. The minimum atomic E-state index is 0.896. The van der Waals surface area contributed by atoms with Crippen LogP contribution in [0.15, 0.2) is 22.7 Å². The second-order valence-electron chi connectivity index (χ2n) is 5.28. The standard InChI is InChI=1S/C15H23BrN2/c1-2-4-12-5-3-9-18(10-8-12)15-11-13(16)6-7-14(15)17/h6-7,11-12H,2-5,8-10,17H2,1H3. The van der Waals surface area contributed by atoms with Crippen LogP contribution in [0.25, 0.3) is 0 Å². The van der Waals surface area contributed by atoms with Crippen LogP contribution in [0.5, 0.6) is 0 Å². The monoisotopic (exact) mass is 310 g/mol. The minimum absolute atomic E-state index is 0.896. The van der Waals surface area contributed by atoms with Gasteiger partial charge in [0.15, 0.2) is 0 Å². The second kappa shape index (κ2) is 6.46. The summed E-state index contributed by atoms with van der Waals surface area (Å²) in [5.41, 5.74) is 8.19. The Labute approximate surface area is 119 Å². The summed E-state index contributed by atoms with van der Waals surface area (Å²) in [6.07, 6.45) is 6.65. The topological polar surface area (TPSA) is 29.3 Å². The van der Waals surface area contributed by atoms with Crippen LogP contribution >= 0.6 is 15.9 Å². The SMILES string of the molecule is CCCC1CCCN(c2cc(Br)ccc2N)CC1. The highest BCUT2D eigenvalue weighted by Gasteiger charge is 2.18. The van der Waals surface area contributed by atoms with E-state index in [2.05, 4.69) is 33.8 Å². The van der Waals surface area contributed by atoms with Gasteiger partial charge >= 0.3 is 0 Å². The zero-order chi connectivity index (χ0) is 13.0. The molecule has 1 saturated heterocycles. The molecule has 0 radical (unpaired) electrons. The van der Waals surface area contributed by atoms with Gasteiger partial charge in [0, 0.05) is 17.6 Å². The lowest BCUT2D eigenvalue weighted by atomic mass is 9.96. The van der Waals surface area contributed by atoms with E-state index in [0.717, 1.165) is 29.2 Å². The maximum atomic E-state index is 6.10. The predicted molar refractivity (Wildman–Crippen MR) is 83.0 cm³/mol. The molecule has 1 unspecified atom stereocenters. The summed E-state index contributed by atoms with van der Waals surface area (Å²) >= 11 is 3.54. The van der Waals surface area contributed by atoms with Gasteiger partial charge in [-0.1, -0.05) is 35.7 Å². The molecule has 1 aliphatic rings. The van der Waals surface area contributed by atoms with Crippen LogP contribution in [-0.4, -0.2) is 13.1 Å². The van der Waals surface area contributed by atoms with Gasteiger partial charge in [0.05, 0.1) is 11.4 Å². The summed E-state index contributed by atoms with van der Waals surface area (Å²) < 4.78 is 1.11. The normalized spacial score (nSPS) is 20.8. The van der Waals surface area contributed by atoms with Gasteiger partial charge in [-0.05, 0) is 43.4 Å². The van der Waals surface area contributed by atoms with Crippen LogP contribution in [0.4, 0.5) is 11.4 Å². The first-order valence-corrected chi connectivity index (χ1v) is 7.80. The smallest absolute Gasteiger partial charge is 0.0611 e. The average Bonchev–Trinajstić information content (AvgIpc) is 2.58. The summed E-state index contributed by atoms with van der Waals surface area (Å²) in [4.78, 5) is 2.45. The van der Waals surface area contributed by atoms with Crippen LogP contribution in [0.2, 0.25) is 0 Å². The van der Waals surface area contributed by atoms with E-state index in [0.29, 0.717) is 0 Å². The molecule has 0 aliphatic carbocycles. The van der Waals surface area contributed by atoms with Gasteiger partial charge in [-0.3, -0.25) is 0 Å². The fraction of sp³-hybridized carbons (Fsp3) is 0.600. The Morgan fingerprint density at radius 1 is 1.33 bits per heavy atom. The lowest BCUT2D eigenvalue weighted by Crippen LogP contribution is -2.25. The van der Waals surface area contributed by atoms with E-state index >= 15 is 0 Å². The van der Waals surface area contributed by atoms with Crippen LogP contribution in [-0.2, 0) is 0 Å². The van der Waals surface area contributed by atoms with Gasteiger partial charge in [0.2, 0.25) is 0 Å². The van der Waals surface area contributed by atoms with E-state index in [1.54, 1.807) is 0 Å².